The van der Waals surface area contributed by atoms with Crippen molar-refractivity contribution in [3.8, 4) is 0 Å². The van der Waals surface area contributed by atoms with Crippen molar-refractivity contribution in [1.82, 2.24) is 14.1 Å². The minimum absolute atomic E-state index is 0.0583. The van der Waals surface area contributed by atoms with E-state index in [1.165, 1.54) is 41.8 Å². The maximum atomic E-state index is 12.4. The summed E-state index contributed by atoms with van der Waals surface area (Å²) in [4.78, 5) is 28.8. The lowest BCUT2D eigenvalue weighted by atomic mass is 10.3. The molecule has 9 nitrogen and oxygen atoms in total. The van der Waals surface area contributed by atoms with Gasteiger partial charge in [-0.2, -0.15) is 0 Å². The minimum atomic E-state index is -3.75. The predicted molar refractivity (Wildman–Crippen MR) is 120 cm³/mol. The van der Waals surface area contributed by atoms with E-state index in [1.54, 1.807) is 21.6 Å². The molecule has 0 atom stereocenters. The molecule has 0 spiro atoms. The zero-order chi connectivity index (χ0) is 22.0. The molecule has 0 aliphatic carbocycles. The van der Waals surface area contributed by atoms with Crippen LogP contribution in [0.25, 0.3) is 11.0 Å². The van der Waals surface area contributed by atoms with Gasteiger partial charge in [-0.3, -0.25) is 18.7 Å². The molecule has 4 aromatic rings. The Morgan fingerprint density at radius 1 is 1.10 bits per heavy atom. The number of anilines is 2. The molecule has 31 heavy (non-hydrogen) atoms. The monoisotopic (exact) mass is 457 g/mol. The molecular weight excluding hydrogens is 438 g/mol. The molecule has 0 unspecified atom stereocenters. The van der Waals surface area contributed by atoms with Crippen molar-refractivity contribution in [3.05, 3.63) is 70.6 Å². The Bertz CT molecular complexity index is 1390. The van der Waals surface area contributed by atoms with Crippen LogP contribution in [-0.2, 0) is 28.4 Å². The van der Waals surface area contributed by atoms with Gasteiger partial charge in [0.05, 0.1) is 15.9 Å². The summed E-state index contributed by atoms with van der Waals surface area (Å²) >= 11 is 1.18. The highest BCUT2D eigenvalue weighted by atomic mass is 32.2. The first-order valence-electron chi connectivity index (χ1n) is 9.31. The number of carbonyl (C=O) groups excluding carboxylic acids is 1. The maximum Gasteiger partial charge on any atom is 0.328 e. The number of nitrogens with zero attached hydrogens (tertiary/aromatic N) is 3. The van der Waals surface area contributed by atoms with Crippen LogP contribution in [-0.4, -0.2) is 28.4 Å². The van der Waals surface area contributed by atoms with Crippen LogP contribution >= 0.6 is 11.3 Å². The molecule has 4 rings (SSSR count). The smallest absolute Gasteiger partial charge is 0.326 e. The summed E-state index contributed by atoms with van der Waals surface area (Å²) in [5, 5.41) is 4.67. The van der Waals surface area contributed by atoms with Crippen molar-refractivity contribution in [2.45, 2.75) is 17.9 Å². The Balaban J connectivity index is 1.41. The molecule has 0 aliphatic heterocycles. The summed E-state index contributed by atoms with van der Waals surface area (Å²) in [5.74, 6) is -0.281. The molecule has 11 heteroatoms. The number of rotatable bonds is 7. The number of aromatic nitrogens is 3. The van der Waals surface area contributed by atoms with Gasteiger partial charge in [0.15, 0.2) is 5.13 Å². The molecule has 0 bridgehead atoms. The van der Waals surface area contributed by atoms with Gasteiger partial charge in [-0.25, -0.2) is 18.2 Å². The Labute approximate surface area is 182 Å². The van der Waals surface area contributed by atoms with Crippen molar-refractivity contribution in [2.24, 2.45) is 7.05 Å². The zero-order valence-electron chi connectivity index (χ0n) is 16.5. The van der Waals surface area contributed by atoms with E-state index in [2.05, 4.69) is 15.0 Å². The molecule has 0 fully saturated rings. The Kier molecular flexibility index (Phi) is 5.61. The first-order valence-corrected chi connectivity index (χ1v) is 11.7. The fourth-order valence-corrected chi connectivity index (χ4v) is 4.97. The molecule has 0 saturated carbocycles. The van der Waals surface area contributed by atoms with Crippen LogP contribution in [0.5, 0.6) is 0 Å². The number of thiazole rings is 1. The van der Waals surface area contributed by atoms with E-state index in [0.29, 0.717) is 5.69 Å². The third-order valence-corrected chi connectivity index (χ3v) is 6.89. The van der Waals surface area contributed by atoms with Crippen LogP contribution in [0.15, 0.2) is 69.8 Å². The quantitative estimate of drug-likeness (QED) is 0.443. The number of aryl methyl sites for hydroxylation is 2. The first kappa shape index (κ1) is 20.8. The third-order valence-electron chi connectivity index (χ3n) is 4.72. The topological polar surface area (TPSA) is 115 Å². The summed E-state index contributed by atoms with van der Waals surface area (Å²) in [6.07, 6.45) is 1.60. The van der Waals surface area contributed by atoms with Gasteiger partial charge in [0.2, 0.25) is 5.91 Å². The predicted octanol–water partition coefficient (Wildman–Crippen LogP) is 2.63. The van der Waals surface area contributed by atoms with Crippen molar-refractivity contribution in [3.63, 3.8) is 0 Å². The number of amides is 1. The number of benzene rings is 2. The number of nitrogens with one attached hydrogen (secondary N) is 2. The van der Waals surface area contributed by atoms with Crippen LogP contribution in [0.1, 0.15) is 6.42 Å². The van der Waals surface area contributed by atoms with Crippen LogP contribution in [0.3, 0.4) is 0 Å². The number of para-hydroxylation sites is 2. The lowest BCUT2D eigenvalue weighted by molar-refractivity contribution is -0.116. The molecule has 1 amide bonds. The average Bonchev–Trinajstić information content (AvgIpc) is 3.34. The van der Waals surface area contributed by atoms with Gasteiger partial charge in [-0.1, -0.05) is 12.1 Å². The largest absolute Gasteiger partial charge is 0.328 e. The maximum absolute atomic E-state index is 12.4. The molecule has 160 valence electrons. The summed E-state index contributed by atoms with van der Waals surface area (Å²) < 4.78 is 30.2. The third kappa shape index (κ3) is 4.37. The molecule has 2 aromatic carbocycles. The van der Waals surface area contributed by atoms with E-state index in [0.717, 1.165) is 11.0 Å². The van der Waals surface area contributed by atoms with E-state index in [4.69, 9.17) is 0 Å². The molecular formula is C20H19N5O4S2. The van der Waals surface area contributed by atoms with Crippen molar-refractivity contribution >= 4 is 49.1 Å². The highest BCUT2D eigenvalue weighted by Crippen LogP contribution is 2.20. The van der Waals surface area contributed by atoms with E-state index >= 15 is 0 Å². The van der Waals surface area contributed by atoms with Crippen LogP contribution in [0.2, 0.25) is 0 Å². The van der Waals surface area contributed by atoms with Crippen molar-refractivity contribution in [1.29, 1.82) is 0 Å². The van der Waals surface area contributed by atoms with E-state index < -0.39 is 10.0 Å². The summed E-state index contributed by atoms with van der Waals surface area (Å²) in [6, 6.07) is 13.2. The summed E-state index contributed by atoms with van der Waals surface area (Å²) in [7, 11) is -2.06. The SMILES string of the molecule is Cn1c(=O)n(CCC(=O)Nc2ccc(S(=O)(=O)Nc3nccs3)cc2)c2ccccc21. The second kappa shape index (κ2) is 8.36. The Morgan fingerprint density at radius 3 is 2.48 bits per heavy atom. The van der Waals surface area contributed by atoms with E-state index in [1.807, 2.05) is 24.3 Å². The van der Waals surface area contributed by atoms with Crippen LogP contribution in [0, 0.1) is 0 Å². The van der Waals surface area contributed by atoms with Gasteiger partial charge >= 0.3 is 5.69 Å². The van der Waals surface area contributed by atoms with Gasteiger partial charge in [0, 0.05) is 37.3 Å². The number of sulfonamides is 1. The lowest BCUT2D eigenvalue weighted by Gasteiger charge is -2.08. The molecule has 2 N–H and O–H groups in total. The molecule has 0 aliphatic rings. The van der Waals surface area contributed by atoms with Crippen molar-refractivity contribution < 1.29 is 13.2 Å². The van der Waals surface area contributed by atoms with Gasteiger partial charge in [-0.15, -0.1) is 11.3 Å². The molecule has 2 heterocycles. The highest BCUT2D eigenvalue weighted by Gasteiger charge is 2.16. The van der Waals surface area contributed by atoms with Crippen LogP contribution < -0.4 is 15.7 Å². The summed E-state index contributed by atoms with van der Waals surface area (Å²) in [5.41, 5.74) is 1.85. The number of hydrogen-bond acceptors (Lipinski definition) is 6. The lowest BCUT2D eigenvalue weighted by Crippen LogP contribution is -2.24. The molecule has 0 saturated heterocycles. The number of imidazole rings is 1. The second-order valence-corrected chi connectivity index (χ2v) is 9.32. The van der Waals surface area contributed by atoms with Crippen molar-refractivity contribution in [2.75, 3.05) is 10.0 Å². The highest BCUT2D eigenvalue weighted by molar-refractivity contribution is 7.93. The molecule has 2 aromatic heterocycles. The number of hydrogen-bond donors (Lipinski definition) is 2. The standard InChI is InChI=1S/C20H19N5O4S2/c1-24-16-4-2-3-5-17(16)25(20(24)27)12-10-18(26)22-14-6-8-15(9-7-14)31(28,29)23-19-21-11-13-30-19/h2-9,11,13H,10,12H2,1H3,(H,21,23)(H,22,26). The normalized spacial score (nSPS) is 11.5. The zero-order valence-corrected chi connectivity index (χ0v) is 18.1. The average molecular weight is 458 g/mol. The fourth-order valence-electron chi connectivity index (χ4n) is 3.18. The second-order valence-electron chi connectivity index (χ2n) is 6.75. The van der Waals surface area contributed by atoms with E-state index in [9.17, 15) is 18.0 Å². The summed E-state index contributed by atoms with van der Waals surface area (Å²) in [6.45, 7) is 0.232. The van der Waals surface area contributed by atoms with Gasteiger partial charge in [0.1, 0.15) is 0 Å². The number of fused-ring (bicyclic) bond motifs is 1. The number of carbonyl (C=O) groups is 1. The Morgan fingerprint density at radius 2 is 1.81 bits per heavy atom. The fraction of sp³-hybridized carbons (Fsp3) is 0.150. The van der Waals surface area contributed by atoms with Crippen LogP contribution in [0.4, 0.5) is 10.8 Å². The van der Waals surface area contributed by atoms with Gasteiger partial charge in [0.25, 0.3) is 10.0 Å². The minimum Gasteiger partial charge on any atom is -0.326 e. The van der Waals surface area contributed by atoms with Gasteiger partial charge < -0.3 is 5.32 Å². The van der Waals surface area contributed by atoms with Gasteiger partial charge in [-0.05, 0) is 36.4 Å². The van der Waals surface area contributed by atoms with E-state index in [-0.39, 0.29) is 34.6 Å². The Hall–Kier alpha value is -3.44. The molecule has 0 radical (unpaired) electrons. The first-order chi connectivity index (χ1) is 14.8.